The molecule has 2 rings (SSSR count). The number of carbonyl (C=O) groups excluding carboxylic acids is 1. The van der Waals surface area contributed by atoms with Crippen molar-refractivity contribution in [2.75, 3.05) is 11.9 Å². The first-order valence-electron chi connectivity index (χ1n) is 7.26. The van der Waals surface area contributed by atoms with E-state index in [2.05, 4.69) is 10.4 Å². The molecule has 8 nitrogen and oxygen atoms in total. The van der Waals surface area contributed by atoms with Crippen LogP contribution in [0.3, 0.4) is 0 Å². The third-order valence-corrected chi connectivity index (χ3v) is 3.74. The van der Waals surface area contributed by atoms with Crippen LogP contribution >= 0.6 is 11.6 Å². The Balaban J connectivity index is 2.23. The molecule has 1 amide bonds. The summed E-state index contributed by atoms with van der Waals surface area (Å²) in [6.07, 6.45) is 1.54. The Bertz CT molecular complexity index is 755. The van der Waals surface area contributed by atoms with Gasteiger partial charge in [0.25, 0.3) is 5.69 Å². The second-order valence-electron chi connectivity index (χ2n) is 5.08. The van der Waals surface area contributed by atoms with Gasteiger partial charge in [-0.1, -0.05) is 11.6 Å². The molecule has 1 aromatic carbocycles. The third-order valence-electron chi connectivity index (χ3n) is 3.37. The number of rotatable bonds is 6. The van der Waals surface area contributed by atoms with Crippen LogP contribution in [-0.2, 0) is 4.79 Å². The smallest absolute Gasteiger partial charge is 0.296 e. The quantitative estimate of drug-likeness (QED) is 0.634. The molecule has 1 N–H and O–H groups in total. The molecule has 0 spiro atoms. The highest BCUT2D eigenvalue weighted by atomic mass is 35.5. The minimum Gasteiger partial charge on any atom is -0.494 e. The molecule has 1 atom stereocenters. The van der Waals surface area contributed by atoms with Crippen molar-refractivity contribution in [3.8, 4) is 5.75 Å². The normalized spacial score (nSPS) is 11.8. The van der Waals surface area contributed by atoms with Crippen molar-refractivity contribution in [2.24, 2.45) is 0 Å². The van der Waals surface area contributed by atoms with Crippen LogP contribution in [0, 0.1) is 17.0 Å². The Morgan fingerprint density at radius 2 is 2.25 bits per heavy atom. The minimum absolute atomic E-state index is 0.0929. The Labute approximate surface area is 143 Å². The molecule has 0 aliphatic heterocycles. The number of aryl methyl sites for hydroxylation is 1. The summed E-state index contributed by atoms with van der Waals surface area (Å²) in [6, 6.07) is 3.60. The first-order valence-corrected chi connectivity index (χ1v) is 7.64. The van der Waals surface area contributed by atoms with Gasteiger partial charge in [0.05, 0.1) is 28.3 Å². The molecule has 0 fully saturated rings. The van der Waals surface area contributed by atoms with Gasteiger partial charge in [0.1, 0.15) is 17.5 Å². The lowest BCUT2D eigenvalue weighted by molar-refractivity contribution is -0.384. The molecule has 1 aromatic heterocycles. The van der Waals surface area contributed by atoms with Gasteiger partial charge in [0.2, 0.25) is 5.91 Å². The number of amides is 1. The predicted octanol–water partition coefficient (Wildman–Crippen LogP) is 3.35. The second kappa shape index (κ2) is 7.31. The monoisotopic (exact) mass is 352 g/mol. The Morgan fingerprint density at radius 1 is 1.54 bits per heavy atom. The lowest BCUT2D eigenvalue weighted by atomic mass is 10.2. The van der Waals surface area contributed by atoms with Gasteiger partial charge in [-0.15, -0.1) is 0 Å². The van der Waals surface area contributed by atoms with Crippen LogP contribution in [0.1, 0.15) is 25.6 Å². The summed E-state index contributed by atoms with van der Waals surface area (Å²) in [5.41, 5.74) is 0.454. The molecule has 0 saturated heterocycles. The van der Waals surface area contributed by atoms with Crippen LogP contribution in [0.25, 0.3) is 0 Å². The van der Waals surface area contributed by atoms with E-state index in [1.165, 1.54) is 23.0 Å². The van der Waals surface area contributed by atoms with E-state index in [0.717, 1.165) is 0 Å². The van der Waals surface area contributed by atoms with Crippen molar-refractivity contribution in [2.45, 2.75) is 26.8 Å². The van der Waals surface area contributed by atoms with E-state index in [0.29, 0.717) is 23.1 Å². The van der Waals surface area contributed by atoms with Crippen LogP contribution in [0.4, 0.5) is 11.4 Å². The zero-order valence-corrected chi connectivity index (χ0v) is 14.2. The van der Waals surface area contributed by atoms with Crippen LogP contribution in [-0.4, -0.2) is 27.2 Å². The molecule has 0 saturated carbocycles. The minimum atomic E-state index is -0.678. The number of nitrogens with one attached hydrogen (secondary N) is 1. The number of nitrogens with zero attached hydrogens (tertiary/aromatic N) is 3. The molecule has 0 bridgehead atoms. The molecule has 0 radical (unpaired) electrons. The molecule has 0 aliphatic carbocycles. The molecular formula is C15H17ClN4O4. The van der Waals surface area contributed by atoms with Crippen molar-refractivity contribution in [1.29, 1.82) is 0 Å². The van der Waals surface area contributed by atoms with Crippen LogP contribution in [0.5, 0.6) is 5.75 Å². The van der Waals surface area contributed by atoms with Crippen molar-refractivity contribution >= 4 is 28.9 Å². The fourth-order valence-corrected chi connectivity index (χ4v) is 2.18. The largest absolute Gasteiger partial charge is 0.494 e. The van der Waals surface area contributed by atoms with Gasteiger partial charge in [-0.3, -0.25) is 19.6 Å². The van der Waals surface area contributed by atoms with Crippen molar-refractivity contribution in [3.05, 3.63) is 45.2 Å². The summed E-state index contributed by atoms with van der Waals surface area (Å²) >= 11 is 5.93. The number of hydrogen-bond donors (Lipinski definition) is 1. The number of ether oxygens (including phenoxy) is 1. The fraction of sp³-hybridized carbons (Fsp3) is 0.333. The summed E-state index contributed by atoms with van der Waals surface area (Å²) in [4.78, 5) is 23.0. The second-order valence-corrected chi connectivity index (χ2v) is 5.48. The molecule has 0 aliphatic rings. The number of nitro groups is 1. The number of nitro benzene ring substituents is 1. The van der Waals surface area contributed by atoms with Crippen LogP contribution in [0.15, 0.2) is 24.4 Å². The van der Waals surface area contributed by atoms with E-state index in [1.54, 1.807) is 26.8 Å². The summed E-state index contributed by atoms with van der Waals surface area (Å²) in [7, 11) is 0. The molecule has 128 valence electrons. The Kier molecular flexibility index (Phi) is 5.40. The highest BCUT2D eigenvalue weighted by Crippen LogP contribution is 2.30. The standard InChI is InChI=1S/C15H17ClN4O4/c1-4-24-11-5-6-13(14(7-11)20(22)23)17-15(21)10(3)19-8-12(16)9(2)18-19/h5-8,10H,4H2,1-3H3,(H,17,21). The van der Waals surface area contributed by atoms with Gasteiger partial charge in [0, 0.05) is 6.20 Å². The topological polar surface area (TPSA) is 99.3 Å². The van der Waals surface area contributed by atoms with Gasteiger partial charge in [-0.05, 0) is 32.9 Å². The van der Waals surface area contributed by atoms with Gasteiger partial charge < -0.3 is 10.1 Å². The average molecular weight is 353 g/mol. The molecule has 24 heavy (non-hydrogen) atoms. The maximum atomic E-state index is 12.4. The zero-order chi connectivity index (χ0) is 17.9. The fourth-order valence-electron chi connectivity index (χ4n) is 2.04. The van der Waals surface area contributed by atoms with Gasteiger partial charge in [-0.2, -0.15) is 5.10 Å². The predicted molar refractivity (Wildman–Crippen MR) is 89.6 cm³/mol. The van der Waals surface area contributed by atoms with Crippen molar-refractivity contribution in [1.82, 2.24) is 9.78 Å². The SMILES string of the molecule is CCOc1ccc(NC(=O)C(C)n2cc(Cl)c(C)n2)c([N+](=O)[O-])c1. The third kappa shape index (κ3) is 3.83. The van der Waals surface area contributed by atoms with Crippen LogP contribution < -0.4 is 10.1 Å². The summed E-state index contributed by atoms with van der Waals surface area (Å²) in [5.74, 6) is -0.0776. The Morgan fingerprint density at radius 3 is 2.79 bits per heavy atom. The lowest BCUT2D eigenvalue weighted by Gasteiger charge is -2.13. The van der Waals surface area contributed by atoms with E-state index in [-0.39, 0.29) is 11.4 Å². The number of halogens is 1. The molecule has 1 heterocycles. The van der Waals surface area contributed by atoms with Crippen molar-refractivity contribution < 1.29 is 14.5 Å². The molecule has 9 heteroatoms. The zero-order valence-electron chi connectivity index (χ0n) is 13.4. The first kappa shape index (κ1) is 17.7. The number of anilines is 1. The first-order chi connectivity index (χ1) is 11.3. The number of hydrogen-bond acceptors (Lipinski definition) is 5. The lowest BCUT2D eigenvalue weighted by Crippen LogP contribution is -2.24. The maximum absolute atomic E-state index is 12.4. The van der Waals surface area contributed by atoms with Gasteiger partial charge in [-0.25, -0.2) is 0 Å². The van der Waals surface area contributed by atoms with E-state index >= 15 is 0 Å². The van der Waals surface area contributed by atoms with E-state index in [9.17, 15) is 14.9 Å². The van der Waals surface area contributed by atoms with Crippen molar-refractivity contribution in [3.63, 3.8) is 0 Å². The van der Waals surface area contributed by atoms with E-state index < -0.39 is 16.9 Å². The maximum Gasteiger partial charge on any atom is 0.296 e. The number of aromatic nitrogens is 2. The van der Waals surface area contributed by atoms with Crippen LogP contribution in [0.2, 0.25) is 5.02 Å². The molecule has 1 unspecified atom stereocenters. The summed E-state index contributed by atoms with van der Waals surface area (Å²) in [6.45, 7) is 5.51. The van der Waals surface area contributed by atoms with E-state index in [4.69, 9.17) is 16.3 Å². The number of carbonyl (C=O) groups is 1. The summed E-state index contributed by atoms with van der Waals surface area (Å²) in [5, 5.41) is 18.3. The van der Waals surface area contributed by atoms with Gasteiger partial charge in [0.15, 0.2) is 0 Å². The summed E-state index contributed by atoms with van der Waals surface area (Å²) < 4.78 is 6.65. The van der Waals surface area contributed by atoms with Gasteiger partial charge >= 0.3 is 0 Å². The van der Waals surface area contributed by atoms with E-state index in [1.807, 2.05) is 0 Å². The molecule has 2 aromatic rings. The highest BCUT2D eigenvalue weighted by molar-refractivity contribution is 6.31. The molecular weight excluding hydrogens is 336 g/mol. The number of benzene rings is 1. The highest BCUT2D eigenvalue weighted by Gasteiger charge is 2.22. The average Bonchev–Trinajstić information content (AvgIpc) is 2.87. The Hall–Kier alpha value is -2.61.